The van der Waals surface area contributed by atoms with E-state index >= 15 is 0 Å². The molecule has 3 rings (SSSR count). The monoisotopic (exact) mass is 499 g/mol. The van der Waals surface area contributed by atoms with Crippen molar-refractivity contribution in [1.29, 1.82) is 0 Å². The molecular formula is C32H53NO3. The number of Topliss-reactive ketones (excluding diaryl/α,β-unsaturated/α-hetero) is 1. The molecule has 4 heteroatoms. The lowest BCUT2D eigenvalue weighted by Gasteiger charge is -2.36. The van der Waals surface area contributed by atoms with Crippen molar-refractivity contribution in [3.63, 3.8) is 0 Å². The lowest BCUT2D eigenvalue weighted by Crippen LogP contribution is -2.40. The Morgan fingerprint density at radius 2 is 1.36 bits per heavy atom. The fourth-order valence-electron chi connectivity index (χ4n) is 6.46. The summed E-state index contributed by atoms with van der Waals surface area (Å²) in [5.41, 5.74) is 1.10. The molecule has 0 saturated heterocycles. The maximum atomic E-state index is 12.8. The Bertz CT molecular complexity index is 800. The van der Waals surface area contributed by atoms with E-state index in [4.69, 9.17) is 4.74 Å². The molecule has 0 spiro atoms. The summed E-state index contributed by atoms with van der Waals surface area (Å²) in [6.45, 7) is 16.3. The van der Waals surface area contributed by atoms with Gasteiger partial charge in [0.1, 0.15) is 11.5 Å². The summed E-state index contributed by atoms with van der Waals surface area (Å²) in [7, 11) is 1.66. The number of rotatable bonds is 8. The van der Waals surface area contributed by atoms with Gasteiger partial charge in [0, 0.05) is 24.8 Å². The maximum Gasteiger partial charge on any atom is 0.223 e. The smallest absolute Gasteiger partial charge is 0.223 e. The Morgan fingerprint density at radius 3 is 1.83 bits per heavy atom. The van der Waals surface area contributed by atoms with Gasteiger partial charge < -0.3 is 10.1 Å². The van der Waals surface area contributed by atoms with E-state index in [1.807, 2.05) is 31.2 Å². The molecule has 4 nitrogen and oxygen atoms in total. The summed E-state index contributed by atoms with van der Waals surface area (Å²) in [4.78, 5) is 24.7. The van der Waals surface area contributed by atoms with E-state index < -0.39 is 0 Å². The molecular weight excluding hydrogens is 446 g/mol. The molecule has 1 aromatic carbocycles. The number of benzene rings is 1. The zero-order valence-electron chi connectivity index (χ0n) is 24.3. The predicted molar refractivity (Wildman–Crippen MR) is 150 cm³/mol. The first-order valence-electron chi connectivity index (χ1n) is 14.5. The lowest BCUT2D eigenvalue weighted by atomic mass is 9.68. The largest absolute Gasteiger partial charge is 0.497 e. The molecule has 0 aliphatic heterocycles. The van der Waals surface area contributed by atoms with Gasteiger partial charge in [-0.15, -0.1) is 0 Å². The molecule has 6 unspecified atom stereocenters. The van der Waals surface area contributed by atoms with Crippen LogP contribution in [0.3, 0.4) is 0 Å². The molecule has 1 amide bonds. The first kappa shape index (κ1) is 30.4. The maximum absolute atomic E-state index is 12.8. The minimum Gasteiger partial charge on any atom is -0.497 e. The second-order valence-electron chi connectivity index (χ2n) is 12.3. The van der Waals surface area contributed by atoms with Gasteiger partial charge in [0.15, 0.2) is 0 Å². The highest BCUT2D eigenvalue weighted by Gasteiger charge is 2.36. The van der Waals surface area contributed by atoms with E-state index in [1.54, 1.807) is 7.11 Å². The van der Waals surface area contributed by atoms with Gasteiger partial charge in [-0.2, -0.15) is 0 Å². The highest BCUT2D eigenvalue weighted by atomic mass is 16.5. The molecule has 2 aliphatic rings. The minimum absolute atomic E-state index is 0.246. The van der Waals surface area contributed by atoms with Crippen LogP contribution in [0, 0.1) is 47.3 Å². The van der Waals surface area contributed by atoms with Crippen molar-refractivity contribution in [2.24, 2.45) is 47.3 Å². The van der Waals surface area contributed by atoms with E-state index in [0.29, 0.717) is 47.7 Å². The van der Waals surface area contributed by atoms with Gasteiger partial charge in [0.25, 0.3) is 0 Å². The molecule has 1 aromatic rings. The van der Waals surface area contributed by atoms with Crippen LogP contribution >= 0.6 is 0 Å². The van der Waals surface area contributed by atoms with Crippen LogP contribution in [0.1, 0.15) is 92.6 Å². The van der Waals surface area contributed by atoms with Crippen LogP contribution in [0.2, 0.25) is 0 Å². The summed E-state index contributed by atoms with van der Waals surface area (Å²) in [6, 6.07) is 7.89. The van der Waals surface area contributed by atoms with Crippen molar-refractivity contribution >= 4 is 11.7 Å². The van der Waals surface area contributed by atoms with Crippen molar-refractivity contribution in [2.45, 2.75) is 93.4 Å². The van der Waals surface area contributed by atoms with E-state index in [1.165, 1.54) is 25.7 Å². The molecule has 2 fully saturated rings. The second kappa shape index (κ2) is 14.8. The molecule has 0 radical (unpaired) electrons. The molecule has 0 bridgehead atoms. The molecule has 0 heterocycles. The van der Waals surface area contributed by atoms with Crippen LogP contribution in [-0.4, -0.2) is 25.3 Å². The third-order valence-electron chi connectivity index (χ3n) is 8.68. The van der Waals surface area contributed by atoms with Crippen LogP contribution in [0.5, 0.6) is 5.75 Å². The van der Waals surface area contributed by atoms with Crippen LogP contribution in [0.25, 0.3) is 0 Å². The van der Waals surface area contributed by atoms with Gasteiger partial charge >= 0.3 is 0 Å². The second-order valence-corrected chi connectivity index (χ2v) is 12.3. The normalized spacial score (nSPS) is 28.3. The van der Waals surface area contributed by atoms with Gasteiger partial charge in [-0.05, 0) is 85.8 Å². The average Bonchev–Trinajstić information content (AvgIpc) is 2.84. The Kier molecular flexibility index (Phi) is 12.5. The van der Waals surface area contributed by atoms with Gasteiger partial charge in [0.2, 0.25) is 5.91 Å². The van der Waals surface area contributed by atoms with Gasteiger partial charge in [-0.1, -0.05) is 66.5 Å². The number of amides is 1. The Labute approximate surface area is 221 Å². The third kappa shape index (κ3) is 8.92. The third-order valence-corrected chi connectivity index (χ3v) is 8.68. The van der Waals surface area contributed by atoms with Crippen LogP contribution in [0.15, 0.2) is 24.3 Å². The molecule has 6 atom stereocenters. The fraction of sp³-hybridized carbons (Fsp3) is 0.750. The molecule has 36 heavy (non-hydrogen) atoms. The summed E-state index contributed by atoms with van der Waals surface area (Å²) in [6.07, 6.45) is 7.70. The Balaban J connectivity index is 0.000000269. The molecule has 204 valence electrons. The van der Waals surface area contributed by atoms with E-state index in [2.05, 4.69) is 46.9 Å². The molecule has 0 aromatic heterocycles. The number of nitrogens with one attached hydrogen (secondary N) is 1. The van der Waals surface area contributed by atoms with Gasteiger partial charge in [-0.25, -0.2) is 0 Å². The number of hydrogen-bond acceptors (Lipinski definition) is 3. The van der Waals surface area contributed by atoms with Crippen molar-refractivity contribution < 1.29 is 14.3 Å². The minimum atomic E-state index is 0.246. The number of carbonyl (C=O) groups excluding carboxylic acids is 2. The topological polar surface area (TPSA) is 55.4 Å². The summed E-state index contributed by atoms with van der Waals surface area (Å²) >= 11 is 0. The SMILES string of the molecule is CCNC(=O)C1CC(C)CCC1C(C)C.COc1ccc(CC(=O)C2CC(C)CCC2C(C)C)cc1. The average molecular weight is 500 g/mol. The first-order chi connectivity index (χ1) is 17.1. The van der Waals surface area contributed by atoms with Gasteiger partial charge in [-0.3, -0.25) is 9.59 Å². The van der Waals surface area contributed by atoms with Crippen molar-refractivity contribution in [1.82, 2.24) is 5.32 Å². The van der Waals surface area contributed by atoms with E-state index in [0.717, 1.165) is 30.7 Å². The number of hydrogen-bond donors (Lipinski definition) is 1. The quantitative estimate of drug-likeness (QED) is 0.407. The lowest BCUT2D eigenvalue weighted by molar-refractivity contribution is -0.129. The fourth-order valence-corrected chi connectivity index (χ4v) is 6.46. The molecule has 1 N–H and O–H groups in total. The number of ketones is 1. The van der Waals surface area contributed by atoms with Crippen molar-refractivity contribution in [2.75, 3.05) is 13.7 Å². The molecule has 2 saturated carbocycles. The summed E-state index contributed by atoms with van der Waals surface area (Å²) in [5, 5.41) is 2.98. The standard InChI is InChI=1S/C19H28O2.C13H25NO/c1-13(2)17-10-5-14(3)11-18(17)19(20)12-15-6-8-16(21-4)9-7-15;1-5-14-13(15)12-8-10(4)6-7-11(12)9(2)3/h6-9,13-14,17-18H,5,10-12H2,1-4H3;9-12H,5-8H2,1-4H3,(H,14,15). The number of carbonyl (C=O) groups is 2. The van der Waals surface area contributed by atoms with Crippen LogP contribution < -0.4 is 10.1 Å². The Morgan fingerprint density at radius 1 is 0.861 bits per heavy atom. The van der Waals surface area contributed by atoms with Gasteiger partial charge in [0.05, 0.1) is 7.11 Å². The summed E-state index contributed by atoms with van der Waals surface area (Å²) in [5.74, 6) is 5.83. The van der Waals surface area contributed by atoms with E-state index in [-0.39, 0.29) is 17.7 Å². The Hall–Kier alpha value is -1.84. The van der Waals surface area contributed by atoms with Crippen LogP contribution in [0.4, 0.5) is 0 Å². The number of ether oxygens (including phenoxy) is 1. The zero-order valence-corrected chi connectivity index (χ0v) is 24.3. The summed E-state index contributed by atoms with van der Waals surface area (Å²) < 4.78 is 5.17. The van der Waals surface area contributed by atoms with E-state index in [9.17, 15) is 9.59 Å². The van der Waals surface area contributed by atoms with Crippen molar-refractivity contribution in [3.8, 4) is 5.75 Å². The highest BCUT2D eigenvalue weighted by molar-refractivity contribution is 5.83. The van der Waals surface area contributed by atoms with Crippen molar-refractivity contribution in [3.05, 3.63) is 29.8 Å². The number of methoxy groups -OCH3 is 1. The first-order valence-corrected chi connectivity index (χ1v) is 14.5. The highest BCUT2D eigenvalue weighted by Crippen LogP contribution is 2.39. The predicted octanol–water partition coefficient (Wildman–Crippen LogP) is 7.35. The molecule has 2 aliphatic carbocycles. The van der Waals surface area contributed by atoms with Crippen LogP contribution in [-0.2, 0) is 16.0 Å². The zero-order chi connectivity index (χ0) is 26.8.